The Morgan fingerprint density at radius 1 is 1.40 bits per heavy atom. The molecular weight excluding hydrogens is 260 g/mol. The third kappa shape index (κ3) is 2.44. The third-order valence-corrected chi connectivity index (χ3v) is 2.82. The summed E-state index contributed by atoms with van der Waals surface area (Å²) in [6, 6.07) is 0. The van der Waals surface area contributed by atoms with Gasteiger partial charge in [-0.05, 0) is 13.8 Å². The largest absolute Gasteiger partial charge is 0.354 e. The Morgan fingerprint density at radius 3 is 2.75 bits per heavy atom. The fourth-order valence-corrected chi connectivity index (χ4v) is 1.96. The van der Waals surface area contributed by atoms with Crippen molar-refractivity contribution in [2.24, 2.45) is 0 Å². The molecule has 2 aromatic heterocycles. The van der Waals surface area contributed by atoms with E-state index in [1.165, 1.54) is 0 Å². The van der Waals surface area contributed by atoms with Crippen LogP contribution in [0.4, 0.5) is 11.6 Å². The molecule has 0 radical (unpaired) electrons. The smallest absolute Gasteiger partial charge is 0.333 e. The van der Waals surface area contributed by atoms with Crippen LogP contribution in [-0.4, -0.2) is 31.0 Å². The third-order valence-electron chi connectivity index (χ3n) is 2.82. The summed E-state index contributed by atoms with van der Waals surface area (Å²) < 4.78 is 1.63. The summed E-state index contributed by atoms with van der Waals surface area (Å²) in [5.74, 6) is 1.34. The second kappa shape index (κ2) is 5.64. The number of aromatic nitrogens is 4. The van der Waals surface area contributed by atoms with E-state index in [0.29, 0.717) is 30.4 Å². The molecule has 0 saturated carbocycles. The molecule has 0 aliphatic heterocycles. The summed E-state index contributed by atoms with van der Waals surface area (Å²) in [7, 11) is 0. The molecule has 0 spiro atoms. The van der Waals surface area contributed by atoms with Gasteiger partial charge in [0.25, 0.3) is 0 Å². The first-order valence-corrected chi connectivity index (χ1v) is 6.38. The molecule has 106 valence electrons. The Bertz CT molecular complexity index is 637. The summed E-state index contributed by atoms with van der Waals surface area (Å²) in [5.41, 5.74) is 0.228. The van der Waals surface area contributed by atoms with E-state index < -0.39 is 4.92 Å². The van der Waals surface area contributed by atoms with Gasteiger partial charge in [-0.15, -0.1) is 0 Å². The quantitative estimate of drug-likeness (QED) is 0.661. The molecule has 2 aromatic rings. The van der Waals surface area contributed by atoms with E-state index in [0.717, 1.165) is 0 Å². The van der Waals surface area contributed by atoms with Crippen LogP contribution < -0.4 is 5.32 Å². The van der Waals surface area contributed by atoms with E-state index in [9.17, 15) is 10.1 Å². The zero-order valence-electron chi connectivity index (χ0n) is 11.6. The summed E-state index contributed by atoms with van der Waals surface area (Å²) in [5, 5.41) is 14.3. The van der Waals surface area contributed by atoms with Gasteiger partial charge >= 0.3 is 5.69 Å². The molecule has 0 aliphatic rings. The molecule has 0 fully saturated rings. The number of hydrogen-bond donors (Lipinski definition) is 1. The van der Waals surface area contributed by atoms with E-state index in [1.807, 2.05) is 13.8 Å². The molecule has 8 nitrogen and oxygen atoms in total. The number of aryl methyl sites for hydroxylation is 2. The minimum Gasteiger partial charge on any atom is -0.354 e. The lowest BCUT2D eigenvalue weighted by Gasteiger charge is -2.10. The van der Waals surface area contributed by atoms with Crippen molar-refractivity contribution < 1.29 is 4.92 Å². The van der Waals surface area contributed by atoms with Gasteiger partial charge < -0.3 is 5.32 Å². The molecular formula is C12H16N6O2. The summed E-state index contributed by atoms with van der Waals surface area (Å²) in [6.07, 6.45) is 3.93. The van der Waals surface area contributed by atoms with Gasteiger partial charge in [0.15, 0.2) is 0 Å². The predicted molar refractivity (Wildman–Crippen MR) is 74.1 cm³/mol. The summed E-state index contributed by atoms with van der Waals surface area (Å²) in [6.45, 7) is 6.09. The van der Waals surface area contributed by atoms with Gasteiger partial charge in [-0.25, -0.2) is 9.97 Å². The lowest BCUT2D eigenvalue weighted by molar-refractivity contribution is -0.385. The monoisotopic (exact) mass is 276 g/mol. The Kier molecular flexibility index (Phi) is 3.92. The van der Waals surface area contributed by atoms with Gasteiger partial charge in [-0.2, -0.15) is 4.98 Å². The normalized spacial score (nSPS) is 10.6. The molecule has 0 aromatic carbocycles. The second-order valence-electron chi connectivity index (χ2n) is 4.16. The number of rotatable bonds is 5. The Labute approximate surface area is 116 Å². The summed E-state index contributed by atoms with van der Waals surface area (Å²) >= 11 is 0. The van der Waals surface area contributed by atoms with Crippen LogP contribution in [-0.2, 0) is 6.42 Å². The van der Waals surface area contributed by atoms with Crippen molar-refractivity contribution in [1.82, 2.24) is 19.5 Å². The zero-order valence-corrected chi connectivity index (χ0v) is 11.6. The van der Waals surface area contributed by atoms with Crippen molar-refractivity contribution in [1.29, 1.82) is 0 Å². The molecule has 0 saturated heterocycles. The highest BCUT2D eigenvalue weighted by atomic mass is 16.6. The maximum atomic E-state index is 11.3. The highest BCUT2D eigenvalue weighted by Gasteiger charge is 2.24. The van der Waals surface area contributed by atoms with Gasteiger partial charge in [0.05, 0.1) is 4.92 Å². The Hall–Kier alpha value is -2.51. The molecule has 1 N–H and O–H groups in total. The SMILES string of the molecule is CCNc1nc(C)c([N+](=O)[O-])c(-n2ccnc2CC)n1. The predicted octanol–water partition coefficient (Wildman–Crippen LogP) is 1.87. The Balaban J connectivity index is 2.68. The molecule has 0 aliphatic carbocycles. The van der Waals surface area contributed by atoms with Gasteiger partial charge in [0, 0.05) is 25.4 Å². The van der Waals surface area contributed by atoms with Crippen LogP contribution in [0.1, 0.15) is 25.4 Å². The van der Waals surface area contributed by atoms with Crippen LogP contribution in [0, 0.1) is 17.0 Å². The average Bonchev–Trinajstić information content (AvgIpc) is 2.85. The zero-order chi connectivity index (χ0) is 14.7. The van der Waals surface area contributed by atoms with Crippen LogP contribution in [0.5, 0.6) is 0 Å². The molecule has 2 rings (SSSR count). The van der Waals surface area contributed by atoms with Crippen LogP contribution >= 0.6 is 0 Å². The van der Waals surface area contributed by atoms with Gasteiger partial charge in [-0.1, -0.05) is 6.92 Å². The number of anilines is 1. The van der Waals surface area contributed by atoms with E-state index in [2.05, 4.69) is 20.3 Å². The van der Waals surface area contributed by atoms with E-state index in [4.69, 9.17) is 0 Å². The maximum Gasteiger partial charge on any atom is 0.333 e. The van der Waals surface area contributed by atoms with Crippen molar-refractivity contribution in [3.05, 3.63) is 34.0 Å². The van der Waals surface area contributed by atoms with Crippen molar-refractivity contribution in [2.45, 2.75) is 27.2 Å². The van der Waals surface area contributed by atoms with E-state index >= 15 is 0 Å². The lowest BCUT2D eigenvalue weighted by Crippen LogP contribution is -2.12. The molecule has 0 bridgehead atoms. The minimum atomic E-state index is -0.458. The number of nitrogens with zero attached hydrogens (tertiary/aromatic N) is 5. The van der Waals surface area contributed by atoms with Crippen molar-refractivity contribution in [2.75, 3.05) is 11.9 Å². The van der Waals surface area contributed by atoms with Crippen LogP contribution in [0.2, 0.25) is 0 Å². The molecule has 0 atom stereocenters. The molecule has 0 unspecified atom stereocenters. The van der Waals surface area contributed by atoms with Crippen molar-refractivity contribution in [3.63, 3.8) is 0 Å². The number of imidazole rings is 1. The first-order valence-electron chi connectivity index (χ1n) is 6.38. The second-order valence-corrected chi connectivity index (χ2v) is 4.16. The number of hydrogen-bond acceptors (Lipinski definition) is 6. The van der Waals surface area contributed by atoms with Gasteiger partial charge in [0.1, 0.15) is 11.5 Å². The number of nitrogens with one attached hydrogen (secondary N) is 1. The minimum absolute atomic E-state index is 0.0978. The highest BCUT2D eigenvalue weighted by Crippen LogP contribution is 2.26. The van der Waals surface area contributed by atoms with Gasteiger partial charge in [-0.3, -0.25) is 14.7 Å². The topological polar surface area (TPSA) is 98.8 Å². The molecule has 0 amide bonds. The van der Waals surface area contributed by atoms with E-state index in [-0.39, 0.29) is 11.5 Å². The fraction of sp³-hybridized carbons (Fsp3) is 0.417. The molecule has 2 heterocycles. The fourth-order valence-electron chi connectivity index (χ4n) is 1.96. The van der Waals surface area contributed by atoms with Crippen LogP contribution in [0.3, 0.4) is 0 Å². The molecule has 8 heteroatoms. The van der Waals surface area contributed by atoms with Gasteiger partial charge in [0.2, 0.25) is 11.8 Å². The highest BCUT2D eigenvalue weighted by molar-refractivity contribution is 5.54. The van der Waals surface area contributed by atoms with Crippen molar-refractivity contribution >= 4 is 11.6 Å². The standard InChI is InChI=1S/C12H16N6O2/c1-4-9-14-6-7-17(9)11-10(18(19)20)8(3)15-12(16-11)13-5-2/h6-7H,4-5H2,1-3H3,(H,13,15,16). The van der Waals surface area contributed by atoms with Crippen molar-refractivity contribution in [3.8, 4) is 5.82 Å². The number of nitro groups is 1. The lowest BCUT2D eigenvalue weighted by atomic mass is 10.3. The Morgan fingerprint density at radius 2 is 2.15 bits per heavy atom. The maximum absolute atomic E-state index is 11.3. The molecule has 20 heavy (non-hydrogen) atoms. The van der Waals surface area contributed by atoms with Crippen LogP contribution in [0.25, 0.3) is 5.82 Å². The first-order chi connectivity index (χ1) is 9.58. The first kappa shape index (κ1) is 13.9. The average molecular weight is 276 g/mol. The summed E-state index contributed by atoms with van der Waals surface area (Å²) in [4.78, 5) is 23.4. The van der Waals surface area contributed by atoms with E-state index in [1.54, 1.807) is 23.9 Å². The van der Waals surface area contributed by atoms with Crippen LogP contribution in [0.15, 0.2) is 12.4 Å².